The number of halogens is 2. The van der Waals surface area contributed by atoms with Gasteiger partial charge in [0.25, 0.3) is 5.91 Å². The molecule has 1 amide bonds. The maximum atomic E-state index is 14.3. The lowest BCUT2D eigenvalue weighted by molar-refractivity contribution is -0.0300. The van der Waals surface area contributed by atoms with Crippen LogP contribution >= 0.6 is 0 Å². The number of carbonyl (C=O) groups excluding carboxylic acids is 1. The van der Waals surface area contributed by atoms with Crippen LogP contribution in [0.25, 0.3) is 11.1 Å². The van der Waals surface area contributed by atoms with Gasteiger partial charge in [0.2, 0.25) is 0 Å². The van der Waals surface area contributed by atoms with E-state index >= 15 is 0 Å². The Morgan fingerprint density at radius 3 is 2.52 bits per heavy atom. The van der Waals surface area contributed by atoms with Crippen LogP contribution in [-0.2, 0) is 0 Å². The van der Waals surface area contributed by atoms with E-state index in [0.29, 0.717) is 24.2 Å². The van der Waals surface area contributed by atoms with Gasteiger partial charge < -0.3 is 15.2 Å². The van der Waals surface area contributed by atoms with Crippen molar-refractivity contribution in [3.63, 3.8) is 0 Å². The van der Waals surface area contributed by atoms with Gasteiger partial charge in [-0.15, -0.1) is 0 Å². The van der Waals surface area contributed by atoms with E-state index in [1.807, 2.05) is 0 Å². The lowest BCUT2D eigenvalue weighted by Crippen LogP contribution is -2.47. The minimum atomic E-state index is -0.877. The summed E-state index contributed by atoms with van der Waals surface area (Å²) in [6, 6.07) is 8.21. The van der Waals surface area contributed by atoms with Crippen molar-refractivity contribution in [1.82, 2.24) is 5.32 Å². The standard InChI is InChI=1S/C19H19F2NO3/c1-25-13-4-6-14(17(21)10-13)12-3-5-15(16(20)9-12)18(23)22-11-19(24)7-2-8-19/h3-6,9-10,24H,2,7-8,11H2,1H3,(H,22,23). The molecule has 6 heteroatoms. The molecule has 0 atom stereocenters. The summed E-state index contributed by atoms with van der Waals surface area (Å²) in [5.74, 6) is -1.51. The van der Waals surface area contributed by atoms with Crippen LogP contribution in [0.5, 0.6) is 5.75 Å². The van der Waals surface area contributed by atoms with Crippen LogP contribution in [0.4, 0.5) is 8.78 Å². The van der Waals surface area contributed by atoms with Crippen molar-refractivity contribution >= 4 is 5.91 Å². The largest absolute Gasteiger partial charge is 0.497 e. The monoisotopic (exact) mass is 347 g/mol. The Balaban J connectivity index is 1.77. The van der Waals surface area contributed by atoms with Crippen LogP contribution in [-0.4, -0.2) is 30.3 Å². The van der Waals surface area contributed by atoms with Gasteiger partial charge in [-0.1, -0.05) is 6.07 Å². The van der Waals surface area contributed by atoms with Crippen molar-refractivity contribution in [3.05, 3.63) is 53.6 Å². The van der Waals surface area contributed by atoms with E-state index in [1.54, 1.807) is 6.07 Å². The van der Waals surface area contributed by atoms with Crippen LogP contribution < -0.4 is 10.1 Å². The molecular formula is C19H19F2NO3. The fraction of sp³-hybridized carbons (Fsp3) is 0.316. The molecule has 25 heavy (non-hydrogen) atoms. The second-order valence-electron chi connectivity index (χ2n) is 6.30. The first-order chi connectivity index (χ1) is 11.9. The smallest absolute Gasteiger partial charge is 0.254 e. The van der Waals surface area contributed by atoms with Crippen LogP contribution in [0.2, 0.25) is 0 Å². The van der Waals surface area contributed by atoms with Gasteiger partial charge in [-0.05, 0) is 49.1 Å². The highest BCUT2D eigenvalue weighted by molar-refractivity contribution is 5.95. The molecule has 0 unspecified atom stereocenters. The normalized spacial score (nSPS) is 15.4. The summed E-state index contributed by atoms with van der Waals surface area (Å²) in [4.78, 5) is 12.1. The van der Waals surface area contributed by atoms with E-state index in [1.165, 1.54) is 31.4 Å². The minimum Gasteiger partial charge on any atom is -0.497 e. The highest BCUT2D eigenvalue weighted by Gasteiger charge is 2.34. The van der Waals surface area contributed by atoms with E-state index in [2.05, 4.69) is 5.32 Å². The average molecular weight is 347 g/mol. The summed E-state index contributed by atoms with van der Waals surface area (Å²) in [5, 5.41) is 12.5. The predicted molar refractivity (Wildman–Crippen MR) is 89.5 cm³/mol. The lowest BCUT2D eigenvalue weighted by Gasteiger charge is -2.36. The molecule has 2 aromatic rings. The quantitative estimate of drug-likeness (QED) is 0.873. The average Bonchev–Trinajstić information content (AvgIpc) is 2.57. The number of amides is 1. The fourth-order valence-electron chi connectivity index (χ4n) is 2.83. The van der Waals surface area contributed by atoms with Gasteiger partial charge in [0.05, 0.1) is 18.3 Å². The van der Waals surface area contributed by atoms with Crippen molar-refractivity contribution in [1.29, 1.82) is 0 Å². The van der Waals surface area contributed by atoms with Gasteiger partial charge in [0.15, 0.2) is 0 Å². The number of nitrogens with one attached hydrogen (secondary N) is 1. The first-order valence-corrected chi connectivity index (χ1v) is 8.06. The zero-order valence-electron chi connectivity index (χ0n) is 13.8. The number of benzene rings is 2. The molecular weight excluding hydrogens is 328 g/mol. The lowest BCUT2D eigenvalue weighted by atomic mass is 9.80. The molecule has 1 aliphatic rings. The minimum absolute atomic E-state index is 0.0974. The molecule has 2 aromatic carbocycles. The second kappa shape index (κ2) is 6.80. The van der Waals surface area contributed by atoms with E-state index in [-0.39, 0.29) is 17.7 Å². The molecule has 0 heterocycles. The fourth-order valence-corrected chi connectivity index (χ4v) is 2.83. The summed E-state index contributed by atoms with van der Waals surface area (Å²) >= 11 is 0. The van der Waals surface area contributed by atoms with Gasteiger partial charge in [0, 0.05) is 18.2 Å². The number of hydrogen-bond donors (Lipinski definition) is 2. The molecule has 1 saturated carbocycles. The highest BCUT2D eigenvalue weighted by Crippen LogP contribution is 2.31. The summed E-state index contributed by atoms with van der Waals surface area (Å²) in [6.07, 6.45) is 2.18. The first kappa shape index (κ1) is 17.4. The Morgan fingerprint density at radius 2 is 1.96 bits per heavy atom. The van der Waals surface area contributed by atoms with Gasteiger partial charge >= 0.3 is 0 Å². The maximum absolute atomic E-state index is 14.3. The molecule has 0 saturated heterocycles. The van der Waals surface area contributed by atoms with Crippen molar-refractivity contribution in [3.8, 4) is 16.9 Å². The Bertz CT molecular complexity index is 803. The third-order valence-corrected chi connectivity index (χ3v) is 4.56. The van der Waals surface area contributed by atoms with Gasteiger partial charge in [-0.3, -0.25) is 4.79 Å². The molecule has 3 rings (SSSR count). The molecule has 4 nitrogen and oxygen atoms in total. The predicted octanol–water partition coefficient (Wildman–Crippen LogP) is 3.29. The Morgan fingerprint density at radius 1 is 1.20 bits per heavy atom. The Kier molecular flexibility index (Phi) is 4.72. The van der Waals surface area contributed by atoms with E-state index in [0.717, 1.165) is 12.5 Å². The second-order valence-corrected chi connectivity index (χ2v) is 6.30. The van der Waals surface area contributed by atoms with Crippen molar-refractivity contribution in [2.75, 3.05) is 13.7 Å². The summed E-state index contributed by atoms with van der Waals surface area (Å²) < 4.78 is 33.4. The number of rotatable bonds is 5. The van der Waals surface area contributed by atoms with Crippen LogP contribution in [0, 0.1) is 11.6 Å². The molecule has 1 aliphatic carbocycles. The molecule has 2 N–H and O–H groups in total. The van der Waals surface area contributed by atoms with E-state index < -0.39 is 23.1 Å². The van der Waals surface area contributed by atoms with Crippen molar-refractivity contribution in [2.24, 2.45) is 0 Å². The van der Waals surface area contributed by atoms with Gasteiger partial charge in [-0.2, -0.15) is 0 Å². The number of hydrogen-bond acceptors (Lipinski definition) is 3. The van der Waals surface area contributed by atoms with Crippen molar-refractivity contribution < 1.29 is 23.4 Å². The van der Waals surface area contributed by atoms with Crippen LogP contribution in [0.15, 0.2) is 36.4 Å². The SMILES string of the molecule is COc1ccc(-c2ccc(C(=O)NCC3(O)CCC3)c(F)c2)c(F)c1. The summed E-state index contributed by atoms with van der Waals surface area (Å²) in [7, 11) is 1.43. The van der Waals surface area contributed by atoms with Crippen LogP contribution in [0.1, 0.15) is 29.6 Å². The third kappa shape index (κ3) is 3.64. The van der Waals surface area contributed by atoms with Gasteiger partial charge in [0.1, 0.15) is 17.4 Å². The topological polar surface area (TPSA) is 58.6 Å². The molecule has 132 valence electrons. The molecule has 0 radical (unpaired) electrons. The maximum Gasteiger partial charge on any atom is 0.254 e. The zero-order valence-corrected chi connectivity index (χ0v) is 13.8. The Hall–Kier alpha value is -2.47. The molecule has 0 spiro atoms. The molecule has 0 aliphatic heterocycles. The van der Waals surface area contributed by atoms with E-state index in [9.17, 15) is 18.7 Å². The first-order valence-electron chi connectivity index (χ1n) is 8.06. The van der Waals surface area contributed by atoms with Crippen LogP contribution in [0.3, 0.4) is 0 Å². The molecule has 0 aromatic heterocycles. The molecule has 0 bridgehead atoms. The third-order valence-electron chi connectivity index (χ3n) is 4.56. The number of methoxy groups -OCH3 is 1. The summed E-state index contributed by atoms with van der Waals surface area (Å²) in [5.41, 5.74) is -0.471. The highest BCUT2D eigenvalue weighted by atomic mass is 19.1. The van der Waals surface area contributed by atoms with Gasteiger partial charge in [-0.25, -0.2) is 8.78 Å². The number of ether oxygens (including phenoxy) is 1. The molecule has 1 fully saturated rings. The zero-order chi connectivity index (χ0) is 18.0. The van der Waals surface area contributed by atoms with Crippen molar-refractivity contribution in [2.45, 2.75) is 24.9 Å². The number of carbonyl (C=O) groups is 1. The number of aliphatic hydroxyl groups is 1. The van der Waals surface area contributed by atoms with E-state index in [4.69, 9.17) is 4.74 Å². The summed E-state index contributed by atoms with van der Waals surface area (Å²) in [6.45, 7) is 0.0974. The Labute approximate surface area is 144 Å².